The van der Waals surface area contributed by atoms with Gasteiger partial charge in [-0.15, -0.1) is 0 Å². The number of hydrazone groups is 1. The normalized spacial score (nSPS) is 22.5. The van der Waals surface area contributed by atoms with E-state index >= 15 is 0 Å². The molecule has 26 heavy (non-hydrogen) atoms. The van der Waals surface area contributed by atoms with E-state index in [1.54, 1.807) is 0 Å². The summed E-state index contributed by atoms with van der Waals surface area (Å²) in [4.78, 5) is 23.2. The zero-order valence-electron chi connectivity index (χ0n) is 14.2. The molecule has 3 rings (SSSR count). The van der Waals surface area contributed by atoms with Crippen molar-refractivity contribution in [2.75, 3.05) is 0 Å². The Bertz CT molecular complexity index is 754. The monoisotopic (exact) mass is 351 g/mol. The number of carbonyl (C=O) groups is 2. The molecular formula is C20H21N3O3. The Labute approximate surface area is 151 Å². The van der Waals surface area contributed by atoms with Crippen LogP contribution in [0.25, 0.3) is 0 Å². The van der Waals surface area contributed by atoms with E-state index in [9.17, 15) is 14.7 Å². The summed E-state index contributed by atoms with van der Waals surface area (Å²) in [5.74, 6) is -1.87. The van der Waals surface area contributed by atoms with Gasteiger partial charge in [0.1, 0.15) is 0 Å². The summed E-state index contributed by atoms with van der Waals surface area (Å²) in [5.41, 5.74) is 10.1. The predicted octanol–water partition coefficient (Wildman–Crippen LogP) is 3.07. The van der Waals surface area contributed by atoms with Crippen molar-refractivity contribution in [3.05, 3.63) is 71.8 Å². The molecule has 0 spiro atoms. The van der Waals surface area contributed by atoms with Gasteiger partial charge in [-0.25, -0.2) is 10.2 Å². The molecule has 6 nitrogen and oxygen atoms in total. The lowest BCUT2D eigenvalue weighted by Gasteiger charge is -2.37. The van der Waals surface area contributed by atoms with Crippen LogP contribution in [0.4, 0.5) is 4.79 Å². The number of carbonyl (C=O) groups excluding carboxylic acids is 1. The molecule has 0 aliphatic heterocycles. The molecule has 2 atom stereocenters. The van der Waals surface area contributed by atoms with Crippen LogP contribution in [0.5, 0.6) is 0 Å². The smallest absolute Gasteiger partial charge is 0.332 e. The fourth-order valence-corrected chi connectivity index (χ4v) is 3.75. The Morgan fingerprint density at radius 1 is 0.923 bits per heavy atom. The average Bonchev–Trinajstić information content (AvgIpc) is 2.66. The van der Waals surface area contributed by atoms with Crippen LogP contribution >= 0.6 is 0 Å². The highest BCUT2D eigenvalue weighted by Crippen LogP contribution is 2.45. The maximum absolute atomic E-state index is 12.2. The first kappa shape index (κ1) is 17.7. The summed E-state index contributed by atoms with van der Waals surface area (Å²) in [6.45, 7) is 0. The Morgan fingerprint density at radius 3 is 1.77 bits per heavy atom. The van der Waals surface area contributed by atoms with Crippen molar-refractivity contribution in [2.45, 2.75) is 24.7 Å². The highest BCUT2D eigenvalue weighted by atomic mass is 16.4. The van der Waals surface area contributed by atoms with Crippen LogP contribution in [-0.2, 0) is 4.79 Å². The van der Waals surface area contributed by atoms with E-state index in [1.165, 1.54) is 0 Å². The third-order valence-electron chi connectivity index (χ3n) is 4.84. The molecule has 0 heterocycles. The Hall–Kier alpha value is -3.15. The molecule has 2 aromatic carbocycles. The molecule has 2 amide bonds. The van der Waals surface area contributed by atoms with E-state index in [0.29, 0.717) is 12.8 Å². The summed E-state index contributed by atoms with van der Waals surface area (Å²) in [6, 6.07) is 18.4. The Kier molecular flexibility index (Phi) is 5.31. The number of primary amides is 1. The van der Waals surface area contributed by atoms with Crippen LogP contribution in [0.1, 0.15) is 35.8 Å². The summed E-state index contributed by atoms with van der Waals surface area (Å²) >= 11 is 0. The molecule has 1 aliphatic carbocycles. The summed E-state index contributed by atoms with van der Waals surface area (Å²) in [5, 5.41) is 14.1. The number of hydrogen-bond acceptors (Lipinski definition) is 3. The molecule has 134 valence electrons. The summed E-state index contributed by atoms with van der Waals surface area (Å²) in [6.07, 6.45) is 0.926. The molecule has 0 saturated heterocycles. The highest BCUT2D eigenvalue weighted by Gasteiger charge is 2.42. The molecule has 1 fully saturated rings. The number of nitrogens with zero attached hydrogens (tertiary/aromatic N) is 1. The van der Waals surface area contributed by atoms with Crippen molar-refractivity contribution >= 4 is 17.7 Å². The van der Waals surface area contributed by atoms with E-state index in [0.717, 1.165) is 16.8 Å². The molecule has 2 unspecified atom stereocenters. The van der Waals surface area contributed by atoms with Gasteiger partial charge in [-0.2, -0.15) is 5.10 Å². The first-order chi connectivity index (χ1) is 12.6. The van der Waals surface area contributed by atoms with Crippen molar-refractivity contribution in [2.24, 2.45) is 16.8 Å². The molecule has 1 aliphatic rings. The number of hydrogen-bond donors (Lipinski definition) is 3. The predicted molar refractivity (Wildman–Crippen MR) is 98.9 cm³/mol. The second-order valence-corrected chi connectivity index (χ2v) is 6.46. The van der Waals surface area contributed by atoms with Gasteiger partial charge in [-0.1, -0.05) is 60.7 Å². The first-order valence-electron chi connectivity index (χ1n) is 8.50. The number of urea groups is 1. The number of rotatable bonds is 4. The van der Waals surface area contributed by atoms with E-state index in [1.807, 2.05) is 60.7 Å². The molecule has 0 radical (unpaired) electrons. The van der Waals surface area contributed by atoms with Gasteiger partial charge in [-0.05, 0) is 24.0 Å². The van der Waals surface area contributed by atoms with Crippen LogP contribution in [0.2, 0.25) is 0 Å². The minimum atomic E-state index is -0.824. The number of benzene rings is 2. The number of aliphatic carboxylic acids is 1. The number of nitrogens with two attached hydrogens (primary N) is 1. The molecule has 0 bridgehead atoms. The maximum Gasteiger partial charge on any atom is 0.332 e. The maximum atomic E-state index is 12.2. The van der Waals surface area contributed by atoms with E-state index < -0.39 is 17.9 Å². The average molecular weight is 351 g/mol. The van der Waals surface area contributed by atoms with E-state index in [4.69, 9.17) is 5.73 Å². The van der Waals surface area contributed by atoms with Gasteiger partial charge in [0.15, 0.2) is 0 Å². The molecular weight excluding hydrogens is 330 g/mol. The van der Waals surface area contributed by atoms with Crippen molar-refractivity contribution in [3.63, 3.8) is 0 Å². The van der Waals surface area contributed by atoms with Gasteiger partial charge >= 0.3 is 12.0 Å². The largest absolute Gasteiger partial charge is 0.481 e. The fourth-order valence-electron chi connectivity index (χ4n) is 3.75. The fraction of sp³-hybridized carbons (Fsp3) is 0.250. The van der Waals surface area contributed by atoms with Crippen LogP contribution in [0, 0.1) is 5.92 Å². The van der Waals surface area contributed by atoms with E-state index in [2.05, 4.69) is 10.5 Å². The molecule has 1 saturated carbocycles. The van der Waals surface area contributed by atoms with Gasteiger partial charge in [0.2, 0.25) is 0 Å². The van der Waals surface area contributed by atoms with Crippen LogP contribution in [0.15, 0.2) is 65.8 Å². The zero-order chi connectivity index (χ0) is 18.5. The SMILES string of the molecule is NC(=O)NN=C1CC(c2ccccc2)C(C(=O)O)C(c2ccccc2)C1. The number of carboxylic acid groups (broad SMARTS) is 1. The Morgan fingerprint density at radius 2 is 1.38 bits per heavy atom. The van der Waals surface area contributed by atoms with Gasteiger partial charge in [0, 0.05) is 17.5 Å². The third-order valence-corrected chi connectivity index (χ3v) is 4.84. The lowest BCUT2D eigenvalue weighted by atomic mass is 9.66. The lowest BCUT2D eigenvalue weighted by molar-refractivity contribution is -0.143. The first-order valence-corrected chi connectivity index (χ1v) is 8.50. The standard InChI is InChI=1S/C20H21N3O3/c21-20(26)23-22-15-11-16(13-7-3-1-4-8-13)18(19(24)25)17(12-15)14-9-5-2-6-10-14/h1-10,16-18H,11-12H2,(H,24,25)(H3,21,23,26). The van der Waals surface area contributed by atoms with Crippen LogP contribution < -0.4 is 11.2 Å². The second-order valence-electron chi connectivity index (χ2n) is 6.46. The van der Waals surface area contributed by atoms with Crippen molar-refractivity contribution in [1.82, 2.24) is 5.43 Å². The zero-order valence-corrected chi connectivity index (χ0v) is 14.2. The lowest BCUT2D eigenvalue weighted by Crippen LogP contribution is -2.37. The Balaban J connectivity index is 2.04. The topological polar surface area (TPSA) is 105 Å². The highest BCUT2D eigenvalue weighted by molar-refractivity contribution is 5.90. The molecule has 6 heteroatoms. The third kappa shape index (κ3) is 3.91. The van der Waals surface area contributed by atoms with Gasteiger partial charge in [0.05, 0.1) is 5.92 Å². The summed E-state index contributed by atoms with van der Waals surface area (Å²) in [7, 11) is 0. The minimum Gasteiger partial charge on any atom is -0.481 e. The quantitative estimate of drug-likeness (QED) is 0.737. The molecule has 4 N–H and O–H groups in total. The minimum absolute atomic E-state index is 0.235. The number of carboxylic acids is 1. The van der Waals surface area contributed by atoms with Gasteiger partial charge in [0.25, 0.3) is 0 Å². The van der Waals surface area contributed by atoms with Crippen molar-refractivity contribution in [1.29, 1.82) is 0 Å². The van der Waals surface area contributed by atoms with Gasteiger partial charge < -0.3 is 10.8 Å². The van der Waals surface area contributed by atoms with E-state index in [-0.39, 0.29) is 11.8 Å². The summed E-state index contributed by atoms with van der Waals surface area (Å²) < 4.78 is 0. The number of amides is 2. The molecule has 2 aromatic rings. The van der Waals surface area contributed by atoms with Gasteiger partial charge in [-0.3, -0.25) is 4.79 Å². The van der Waals surface area contributed by atoms with Crippen LogP contribution in [-0.4, -0.2) is 22.8 Å². The number of nitrogens with one attached hydrogen (secondary N) is 1. The second kappa shape index (κ2) is 7.82. The van der Waals surface area contributed by atoms with Crippen LogP contribution in [0.3, 0.4) is 0 Å². The van der Waals surface area contributed by atoms with Crippen molar-refractivity contribution < 1.29 is 14.7 Å². The molecule has 0 aromatic heterocycles. The van der Waals surface area contributed by atoms with Crippen molar-refractivity contribution in [3.8, 4) is 0 Å².